The number of halogens is 3. The summed E-state index contributed by atoms with van der Waals surface area (Å²) in [6.45, 7) is 2.96. The predicted molar refractivity (Wildman–Crippen MR) is 128 cm³/mol. The number of carbonyl (C=O) groups excluding carboxylic acids is 1. The van der Waals surface area contributed by atoms with E-state index < -0.39 is 23.8 Å². The first-order valence-corrected chi connectivity index (χ1v) is 11.8. The van der Waals surface area contributed by atoms with Crippen LogP contribution in [0.15, 0.2) is 47.3 Å². The molecular weight excluding hydrogens is 524 g/mol. The number of amides is 1. The van der Waals surface area contributed by atoms with E-state index in [4.69, 9.17) is 9.47 Å². The second kappa shape index (κ2) is 9.38. The topological polar surface area (TPSA) is 73.9 Å². The van der Waals surface area contributed by atoms with Crippen LogP contribution in [0.25, 0.3) is 22.6 Å². The van der Waals surface area contributed by atoms with Gasteiger partial charge in [-0.15, -0.1) is 0 Å². The fourth-order valence-electron chi connectivity index (χ4n) is 4.31. The largest absolute Gasteiger partial charge is 0.453 e. The summed E-state index contributed by atoms with van der Waals surface area (Å²) in [4.78, 5) is 18.2. The Morgan fingerprint density at radius 1 is 1.29 bits per heavy atom. The maximum atomic E-state index is 15.4. The average molecular weight is 546 g/mol. The van der Waals surface area contributed by atoms with Gasteiger partial charge in [-0.1, -0.05) is 0 Å². The molecule has 1 aromatic carbocycles. The lowest BCUT2D eigenvalue weighted by molar-refractivity contribution is -0.0241. The zero-order chi connectivity index (χ0) is 24.7. The van der Waals surface area contributed by atoms with Crippen LogP contribution in [0.3, 0.4) is 0 Å². The van der Waals surface area contributed by atoms with Crippen molar-refractivity contribution in [1.29, 1.82) is 0 Å². The maximum absolute atomic E-state index is 15.4. The van der Waals surface area contributed by atoms with Crippen molar-refractivity contribution in [3.05, 3.63) is 70.2 Å². The van der Waals surface area contributed by atoms with Gasteiger partial charge in [0.05, 0.1) is 59.7 Å². The van der Waals surface area contributed by atoms with Gasteiger partial charge in [-0.3, -0.25) is 0 Å². The number of hydrogen-bond donors (Lipinski definition) is 0. The molecule has 4 aromatic rings. The van der Waals surface area contributed by atoms with Crippen LogP contribution < -0.4 is 0 Å². The van der Waals surface area contributed by atoms with Gasteiger partial charge in [-0.2, -0.15) is 5.10 Å². The van der Waals surface area contributed by atoms with Gasteiger partial charge < -0.3 is 18.8 Å². The van der Waals surface area contributed by atoms with Crippen LogP contribution >= 0.6 is 15.9 Å². The van der Waals surface area contributed by atoms with Crippen molar-refractivity contribution >= 4 is 27.7 Å². The number of nitrogens with zero attached hydrogens (tertiary/aromatic N) is 5. The molecule has 1 saturated heterocycles. The van der Waals surface area contributed by atoms with Gasteiger partial charge in [0.25, 0.3) is 0 Å². The lowest BCUT2D eigenvalue weighted by Crippen LogP contribution is -2.46. The maximum Gasteiger partial charge on any atom is 0.409 e. The van der Waals surface area contributed by atoms with E-state index in [-0.39, 0.29) is 16.9 Å². The van der Waals surface area contributed by atoms with Gasteiger partial charge in [0, 0.05) is 37.5 Å². The molecule has 8 nitrogen and oxygen atoms in total. The van der Waals surface area contributed by atoms with Crippen molar-refractivity contribution in [3.8, 4) is 16.9 Å². The molecule has 182 valence electrons. The summed E-state index contributed by atoms with van der Waals surface area (Å²) in [5.41, 5.74) is 2.33. The minimum Gasteiger partial charge on any atom is -0.453 e. The summed E-state index contributed by atoms with van der Waals surface area (Å²) in [6, 6.07) is 6.21. The standard InChI is InChI=1S/C24H22BrF2N5O3/c1-14-3-4-31-20(10-17-13-30(5-6-35-17)24(33)34-2)23(29-21(31)7-14)22-18(26)8-16(9-19(22)27)32-12-15(25)11-28-32/h3-4,7-9,11-12,17H,5-6,10,13H2,1-2H3/t17-/m0/s1. The molecule has 1 amide bonds. The highest BCUT2D eigenvalue weighted by Gasteiger charge is 2.29. The Bertz CT molecular complexity index is 1400. The van der Waals surface area contributed by atoms with Gasteiger partial charge in [0.1, 0.15) is 17.3 Å². The van der Waals surface area contributed by atoms with Gasteiger partial charge in [-0.05, 0) is 40.5 Å². The van der Waals surface area contributed by atoms with Gasteiger partial charge in [-0.25, -0.2) is 23.2 Å². The van der Waals surface area contributed by atoms with Crippen molar-refractivity contribution in [2.75, 3.05) is 26.8 Å². The third-order valence-corrected chi connectivity index (χ3v) is 6.36. The molecule has 0 N–H and O–H groups in total. The highest BCUT2D eigenvalue weighted by Crippen LogP contribution is 2.33. The fraction of sp³-hybridized carbons (Fsp3) is 0.292. The molecule has 11 heteroatoms. The molecule has 0 aliphatic carbocycles. The average Bonchev–Trinajstić information content (AvgIpc) is 3.41. The van der Waals surface area contributed by atoms with Gasteiger partial charge >= 0.3 is 6.09 Å². The van der Waals surface area contributed by atoms with E-state index in [9.17, 15) is 4.79 Å². The molecular formula is C24H22BrF2N5O3. The molecule has 3 aromatic heterocycles. The van der Waals surface area contributed by atoms with E-state index >= 15 is 8.78 Å². The second-order valence-corrected chi connectivity index (χ2v) is 9.26. The number of fused-ring (bicyclic) bond motifs is 1. The molecule has 0 saturated carbocycles. The van der Waals surface area contributed by atoms with Gasteiger partial charge in [0.15, 0.2) is 0 Å². The number of aryl methyl sites for hydroxylation is 1. The van der Waals surface area contributed by atoms with Crippen LogP contribution in [-0.2, 0) is 15.9 Å². The van der Waals surface area contributed by atoms with Gasteiger partial charge in [0.2, 0.25) is 0 Å². The SMILES string of the molecule is COC(=O)N1CCO[C@@H](Cc2c(-c3c(F)cc(-n4cc(Br)cn4)cc3F)nc3cc(C)ccn23)C1. The van der Waals surface area contributed by atoms with Crippen molar-refractivity contribution in [2.24, 2.45) is 0 Å². The Labute approximate surface area is 208 Å². The van der Waals surface area contributed by atoms with Crippen LogP contribution in [0.4, 0.5) is 13.6 Å². The Kier molecular flexibility index (Phi) is 6.28. The number of imidazole rings is 1. The summed E-state index contributed by atoms with van der Waals surface area (Å²) in [5, 5.41) is 4.10. The summed E-state index contributed by atoms with van der Waals surface area (Å²) in [6.07, 6.45) is 4.43. The zero-order valence-electron chi connectivity index (χ0n) is 19.0. The number of carbonyl (C=O) groups is 1. The first-order chi connectivity index (χ1) is 16.8. The fourth-order valence-corrected chi connectivity index (χ4v) is 4.59. The minimum absolute atomic E-state index is 0.192. The first-order valence-electron chi connectivity index (χ1n) is 11.0. The van der Waals surface area contributed by atoms with Crippen molar-refractivity contribution < 1.29 is 23.0 Å². The second-order valence-electron chi connectivity index (χ2n) is 8.34. The van der Waals surface area contributed by atoms with Crippen LogP contribution in [0, 0.1) is 18.6 Å². The van der Waals surface area contributed by atoms with E-state index in [0.717, 1.165) is 5.56 Å². The Hall–Kier alpha value is -3.31. The lowest BCUT2D eigenvalue weighted by atomic mass is 10.0. The molecule has 0 unspecified atom stereocenters. The lowest BCUT2D eigenvalue weighted by Gasteiger charge is -2.32. The van der Waals surface area contributed by atoms with E-state index in [0.29, 0.717) is 41.9 Å². The van der Waals surface area contributed by atoms with Crippen LogP contribution in [0.5, 0.6) is 0 Å². The number of methoxy groups -OCH3 is 1. The molecule has 1 aliphatic heterocycles. The molecule has 1 atom stereocenters. The Balaban J connectivity index is 1.58. The molecule has 0 spiro atoms. The van der Waals surface area contributed by atoms with Crippen molar-refractivity contribution in [3.63, 3.8) is 0 Å². The first kappa shape index (κ1) is 23.4. The number of rotatable bonds is 4. The quantitative estimate of drug-likeness (QED) is 0.376. The van der Waals surface area contributed by atoms with Crippen molar-refractivity contribution in [1.82, 2.24) is 24.1 Å². The number of morpholine rings is 1. The van der Waals surface area contributed by atoms with E-state index in [1.54, 1.807) is 15.5 Å². The van der Waals surface area contributed by atoms with E-state index in [1.807, 2.05) is 25.3 Å². The molecule has 0 radical (unpaired) electrons. The zero-order valence-corrected chi connectivity index (χ0v) is 20.6. The Morgan fingerprint density at radius 2 is 2.06 bits per heavy atom. The monoisotopic (exact) mass is 545 g/mol. The number of aromatic nitrogens is 4. The highest BCUT2D eigenvalue weighted by molar-refractivity contribution is 9.10. The normalized spacial score (nSPS) is 16.1. The van der Waals surface area contributed by atoms with Crippen LogP contribution in [-0.4, -0.2) is 63.1 Å². The number of benzene rings is 1. The summed E-state index contributed by atoms with van der Waals surface area (Å²) >= 11 is 3.29. The molecule has 0 bridgehead atoms. The number of hydrogen-bond acceptors (Lipinski definition) is 5. The molecule has 5 rings (SSSR count). The third-order valence-electron chi connectivity index (χ3n) is 5.95. The predicted octanol–water partition coefficient (Wildman–Crippen LogP) is 4.55. The Morgan fingerprint density at radius 3 is 2.74 bits per heavy atom. The molecule has 35 heavy (non-hydrogen) atoms. The van der Waals surface area contributed by atoms with E-state index in [2.05, 4.69) is 26.0 Å². The molecule has 4 heterocycles. The summed E-state index contributed by atoms with van der Waals surface area (Å²) in [7, 11) is 1.33. The summed E-state index contributed by atoms with van der Waals surface area (Å²) < 4.78 is 45.4. The van der Waals surface area contributed by atoms with Crippen LogP contribution in [0.2, 0.25) is 0 Å². The summed E-state index contributed by atoms with van der Waals surface area (Å²) in [5.74, 6) is -1.51. The van der Waals surface area contributed by atoms with Crippen LogP contribution in [0.1, 0.15) is 11.3 Å². The molecule has 1 fully saturated rings. The van der Waals surface area contributed by atoms with E-state index in [1.165, 1.54) is 30.1 Å². The number of ether oxygens (including phenoxy) is 2. The van der Waals surface area contributed by atoms with Crippen molar-refractivity contribution in [2.45, 2.75) is 19.4 Å². The smallest absolute Gasteiger partial charge is 0.409 e. The molecule has 1 aliphatic rings. The highest BCUT2D eigenvalue weighted by atomic mass is 79.9. The number of pyridine rings is 1. The third kappa shape index (κ3) is 4.53. The minimum atomic E-state index is -0.756.